The molecule has 6 heteroatoms. The summed E-state index contributed by atoms with van der Waals surface area (Å²) in [6.45, 7) is 2.16. The first kappa shape index (κ1) is 19.2. The normalized spacial score (nSPS) is 10.4. The second kappa shape index (κ2) is 8.90. The number of nitrogens with one attached hydrogen (secondary N) is 2. The van der Waals surface area contributed by atoms with Crippen molar-refractivity contribution in [2.75, 3.05) is 11.9 Å². The van der Waals surface area contributed by atoms with Gasteiger partial charge in [0.15, 0.2) is 0 Å². The first-order valence-electron chi connectivity index (χ1n) is 8.89. The van der Waals surface area contributed by atoms with Gasteiger partial charge in [-0.1, -0.05) is 36.4 Å². The minimum atomic E-state index is -0.415. The minimum Gasteiger partial charge on any atom is -0.350 e. The van der Waals surface area contributed by atoms with Crippen molar-refractivity contribution in [3.63, 3.8) is 0 Å². The predicted octanol–water partition coefficient (Wildman–Crippen LogP) is 3.75. The molecule has 5 nitrogen and oxygen atoms in total. The van der Waals surface area contributed by atoms with Crippen LogP contribution in [0.1, 0.15) is 32.0 Å². The Kier molecular flexibility index (Phi) is 6.11. The number of hydrogen-bond acceptors (Lipinski definition) is 3. The number of halogens is 1. The third-order valence-electron chi connectivity index (χ3n) is 4.29. The van der Waals surface area contributed by atoms with Crippen LogP contribution in [0.15, 0.2) is 66.9 Å². The van der Waals surface area contributed by atoms with Crippen molar-refractivity contribution in [2.45, 2.75) is 13.3 Å². The molecule has 0 spiro atoms. The topological polar surface area (TPSA) is 71.1 Å². The van der Waals surface area contributed by atoms with Crippen LogP contribution in [0.3, 0.4) is 0 Å². The third kappa shape index (κ3) is 4.79. The zero-order valence-electron chi connectivity index (χ0n) is 15.4. The summed E-state index contributed by atoms with van der Waals surface area (Å²) in [5.74, 6) is -1.04. The Bertz CT molecular complexity index is 1000. The van der Waals surface area contributed by atoms with Gasteiger partial charge in [0, 0.05) is 24.0 Å². The van der Waals surface area contributed by atoms with Gasteiger partial charge in [0.2, 0.25) is 0 Å². The van der Waals surface area contributed by atoms with E-state index in [0.717, 1.165) is 5.56 Å². The molecule has 0 fully saturated rings. The largest absolute Gasteiger partial charge is 0.350 e. The third-order valence-corrected chi connectivity index (χ3v) is 4.29. The molecule has 0 aliphatic carbocycles. The van der Waals surface area contributed by atoms with E-state index in [4.69, 9.17) is 0 Å². The monoisotopic (exact) mass is 377 g/mol. The fourth-order valence-corrected chi connectivity index (χ4v) is 2.71. The van der Waals surface area contributed by atoms with Crippen molar-refractivity contribution in [3.05, 3.63) is 95.1 Å². The zero-order valence-corrected chi connectivity index (χ0v) is 15.4. The van der Waals surface area contributed by atoms with E-state index >= 15 is 0 Å². The van der Waals surface area contributed by atoms with Crippen LogP contribution in [0.4, 0.5) is 10.1 Å². The van der Waals surface area contributed by atoms with Crippen LogP contribution in [0.25, 0.3) is 0 Å². The van der Waals surface area contributed by atoms with Crippen molar-refractivity contribution >= 4 is 17.5 Å². The summed E-state index contributed by atoms with van der Waals surface area (Å²) in [5, 5.41) is 5.52. The van der Waals surface area contributed by atoms with E-state index < -0.39 is 5.91 Å². The molecule has 1 heterocycles. The summed E-state index contributed by atoms with van der Waals surface area (Å²) < 4.78 is 13.6. The lowest BCUT2D eigenvalue weighted by Gasteiger charge is -2.09. The van der Waals surface area contributed by atoms with E-state index in [2.05, 4.69) is 15.6 Å². The fourth-order valence-electron chi connectivity index (χ4n) is 2.71. The van der Waals surface area contributed by atoms with Crippen LogP contribution in [0.2, 0.25) is 0 Å². The van der Waals surface area contributed by atoms with Crippen LogP contribution in [0, 0.1) is 12.7 Å². The Labute approximate surface area is 162 Å². The minimum absolute atomic E-state index is 0.131. The van der Waals surface area contributed by atoms with Gasteiger partial charge >= 0.3 is 0 Å². The first-order valence-corrected chi connectivity index (χ1v) is 8.89. The molecule has 1 aromatic heterocycles. The zero-order chi connectivity index (χ0) is 19.9. The van der Waals surface area contributed by atoms with Crippen molar-refractivity contribution in [3.8, 4) is 0 Å². The molecule has 0 saturated carbocycles. The fraction of sp³-hybridized carbons (Fsp3) is 0.136. The quantitative estimate of drug-likeness (QED) is 0.687. The summed E-state index contributed by atoms with van der Waals surface area (Å²) in [5.41, 5.74) is 2.64. The molecule has 28 heavy (non-hydrogen) atoms. The molecule has 0 saturated heterocycles. The number of amides is 2. The van der Waals surface area contributed by atoms with E-state index in [0.29, 0.717) is 23.2 Å². The highest BCUT2D eigenvalue weighted by molar-refractivity contribution is 6.06. The van der Waals surface area contributed by atoms with Gasteiger partial charge in [-0.25, -0.2) is 4.39 Å². The van der Waals surface area contributed by atoms with Gasteiger partial charge in [-0.05, 0) is 48.7 Å². The summed E-state index contributed by atoms with van der Waals surface area (Å²) >= 11 is 0. The molecular weight excluding hydrogens is 357 g/mol. The molecule has 2 aromatic carbocycles. The average molecular weight is 377 g/mol. The second-order valence-corrected chi connectivity index (χ2v) is 6.30. The Morgan fingerprint density at radius 2 is 1.75 bits per heavy atom. The highest BCUT2D eigenvalue weighted by atomic mass is 19.1. The van der Waals surface area contributed by atoms with Crippen LogP contribution in [-0.2, 0) is 6.42 Å². The number of rotatable bonds is 6. The number of aromatic nitrogens is 1. The summed E-state index contributed by atoms with van der Waals surface area (Å²) in [7, 11) is 0. The number of pyridine rings is 1. The van der Waals surface area contributed by atoms with E-state index in [1.807, 2.05) is 31.2 Å². The number of anilines is 1. The van der Waals surface area contributed by atoms with Gasteiger partial charge in [0.1, 0.15) is 11.5 Å². The molecule has 0 radical (unpaired) electrons. The molecule has 0 bridgehead atoms. The van der Waals surface area contributed by atoms with Crippen LogP contribution < -0.4 is 10.6 Å². The van der Waals surface area contributed by atoms with E-state index in [9.17, 15) is 14.0 Å². The Morgan fingerprint density at radius 1 is 1.00 bits per heavy atom. The Hall–Kier alpha value is -3.54. The van der Waals surface area contributed by atoms with Crippen molar-refractivity contribution in [1.82, 2.24) is 10.3 Å². The molecule has 0 aliphatic heterocycles. The maximum Gasteiger partial charge on any atom is 0.269 e. The number of hydrogen-bond donors (Lipinski definition) is 2. The molecular formula is C22H20FN3O2. The van der Waals surface area contributed by atoms with Crippen molar-refractivity contribution in [1.29, 1.82) is 0 Å². The van der Waals surface area contributed by atoms with Gasteiger partial charge < -0.3 is 10.6 Å². The maximum atomic E-state index is 13.6. The van der Waals surface area contributed by atoms with Crippen LogP contribution in [0.5, 0.6) is 0 Å². The van der Waals surface area contributed by atoms with Gasteiger partial charge in [-0.3, -0.25) is 14.6 Å². The summed E-state index contributed by atoms with van der Waals surface area (Å²) in [4.78, 5) is 28.8. The summed E-state index contributed by atoms with van der Waals surface area (Å²) in [6, 6.07) is 16.8. The Balaban J connectivity index is 1.62. The molecule has 0 atom stereocenters. The van der Waals surface area contributed by atoms with E-state index in [-0.39, 0.29) is 24.0 Å². The molecule has 0 aliphatic rings. The van der Waals surface area contributed by atoms with E-state index in [1.54, 1.807) is 24.3 Å². The number of para-hydroxylation sites is 1. The van der Waals surface area contributed by atoms with Gasteiger partial charge in [0.25, 0.3) is 11.8 Å². The number of aryl methyl sites for hydroxylation is 1. The highest BCUT2D eigenvalue weighted by Crippen LogP contribution is 2.15. The van der Waals surface area contributed by atoms with Gasteiger partial charge in [-0.2, -0.15) is 0 Å². The van der Waals surface area contributed by atoms with Crippen molar-refractivity contribution < 1.29 is 14.0 Å². The molecule has 0 unspecified atom stereocenters. The lowest BCUT2D eigenvalue weighted by atomic mass is 10.1. The van der Waals surface area contributed by atoms with Crippen molar-refractivity contribution in [2.24, 2.45) is 0 Å². The first-order chi connectivity index (χ1) is 13.5. The molecule has 3 rings (SSSR count). The Morgan fingerprint density at radius 3 is 2.54 bits per heavy atom. The second-order valence-electron chi connectivity index (χ2n) is 6.30. The average Bonchev–Trinajstić information content (AvgIpc) is 2.71. The molecule has 142 valence electrons. The van der Waals surface area contributed by atoms with Gasteiger partial charge in [0.05, 0.1) is 0 Å². The van der Waals surface area contributed by atoms with Crippen LogP contribution >= 0.6 is 0 Å². The molecule has 2 N–H and O–H groups in total. The lowest BCUT2D eigenvalue weighted by molar-refractivity contribution is 0.0949. The summed E-state index contributed by atoms with van der Waals surface area (Å²) in [6.07, 6.45) is 1.78. The van der Waals surface area contributed by atoms with Crippen LogP contribution in [-0.4, -0.2) is 23.3 Å². The highest BCUT2D eigenvalue weighted by Gasteiger charge is 2.13. The number of nitrogens with zero attached hydrogens (tertiary/aromatic N) is 1. The van der Waals surface area contributed by atoms with Gasteiger partial charge in [-0.15, -0.1) is 0 Å². The SMILES string of the molecule is Cc1ccccc1NC(=O)c1ccnc(C(=O)NCCc2ccccc2F)c1. The predicted molar refractivity (Wildman–Crippen MR) is 106 cm³/mol. The molecule has 2 amide bonds. The number of benzene rings is 2. The molecule has 3 aromatic rings. The standard InChI is InChI=1S/C22H20FN3O2/c1-15-6-2-5-9-19(15)26-21(27)17-11-12-24-20(14-17)22(28)25-13-10-16-7-3-4-8-18(16)23/h2-9,11-12,14H,10,13H2,1H3,(H,25,28)(H,26,27). The number of carbonyl (C=O) groups is 2. The lowest BCUT2D eigenvalue weighted by Crippen LogP contribution is -2.27. The van der Waals surface area contributed by atoms with E-state index in [1.165, 1.54) is 18.3 Å². The smallest absolute Gasteiger partial charge is 0.269 e. The maximum absolute atomic E-state index is 13.6. The number of carbonyl (C=O) groups excluding carboxylic acids is 2.